The third-order valence-electron chi connectivity index (χ3n) is 4.37. The number of nitrogens with zero attached hydrogens (tertiary/aromatic N) is 1. The second kappa shape index (κ2) is 10.5. The first-order valence-corrected chi connectivity index (χ1v) is 9.27. The first-order chi connectivity index (χ1) is 14.2. The van der Waals surface area contributed by atoms with Crippen LogP contribution in [0, 0.1) is 0 Å². The van der Waals surface area contributed by atoms with Gasteiger partial charge in [-0.05, 0) is 42.7 Å². The Morgan fingerprint density at radius 3 is 2.33 bits per heavy atom. The minimum absolute atomic E-state index is 0.00935. The Morgan fingerprint density at radius 1 is 1.10 bits per heavy atom. The van der Waals surface area contributed by atoms with Gasteiger partial charge < -0.3 is 20.1 Å². The number of ether oxygens (including phenoxy) is 1. The van der Waals surface area contributed by atoms with Gasteiger partial charge in [-0.25, -0.2) is 4.79 Å². The van der Waals surface area contributed by atoms with Crippen LogP contribution in [-0.2, 0) is 16.0 Å². The van der Waals surface area contributed by atoms with E-state index in [2.05, 4.69) is 16.3 Å². The number of carbonyl (C=O) groups is 2. The average molecular weight is 424 g/mol. The number of para-hydroxylation sites is 2. The first-order valence-electron chi connectivity index (χ1n) is 9.27. The quantitative estimate of drug-likeness (QED) is 0.755. The van der Waals surface area contributed by atoms with Crippen molar-refractivity contribution in [3.8, 4) is 5.75 Å². The van der Waals surface area contributed by atoms with E-state index >= 15 is 0 Å². The van der Waals surface area contributed by atoms with Crippen molar-refractivity contribution in [1.29, 1.82) is 0 Å². The molecule has 1 saturated heterocycles. The SMILES string of the molecule is COc1cccc(CC(=O)Nc2ccccc2N2CCCC2)c1.O=C(O)C(F)(F)F. The fraction of sp³-hybridized carbons (Fsp3) is 0.333. The van der Waals surface area contributed by atoms with Gasteiger partial charge in [0.05, 0.1) is 24.9 Å². The third kappa shape index (κ3) is 6.98. The highest BCUT2D eigenvalue weighted by molar-refractivity contribution is 5.95. The van der Waals surface area contributed by atoms with Crippen LogP contribution >= 0.6 is 0 Å². The summed E-state index contributed by atoms with van der Waals surface area (Å²) in [4.78, 5) is 23.6. The molecule has 0 aromatic heterocycles. The van der Waals surface area contributed by atoms with E-state index in [9.17, 15) is 18.0 Å². The molecule has 6 nitrogen and oxygen atoms in total. The van der Waals surface area contributed by atoms with Crippen molar-refractivity contribution in [3.63, 3.8) is 0 Å². The number of carboxylic acid groups (broad SMARTS) is 1. The topological polar surface area (TPSA) is 78.9 Å². The summed E-state index contributed by atoms with van der Waals surface area (Å²) in [7, 11) is 1.63. The summed E-state index contributed by atoms with van der Waals surface area (Å²) in [5, 5.41) is 10.2. The largest absolute Gasteiger partial charge is 0.497 e. The van der Waals surface area contributed by atoms with Crippen LogP contribution in [-0.4, -0.2) is 43.4 Å². The van der Waals surface area contributed by atoms with Gasteiger partial charge in [0, 0.05) is 13.1 Å². The van der Waals surface area contributed by atoms with E-state index in [-0.39, 0.29) is 5.91 Å². The lowest BCUT2D eigenvalue weighted by Gasteiger charge is -2.21. The van der Waals surface area contributed by atoms with Gasteiger partial charge in [0.2, 0.25) is 5.91 Å². The number of aliphatic carboxylic acids is 1. The summed E-state index contributed by atoms with van der Waals surface area (Å²) in [6, 6.07) is 15.6. The molecule has 9 heteroatoms. The van der Waals surface area contributed by atoms with Crippen molar-refractivity contribution in [2.75, 3.05) is 30.4 Å². The second-order valence-electron chi connectivity index (χ2n) is 6.59. The summed E-state index contributed by atoms with van der Waals surface area (Å²) in [6.45, 7) is 2.12. The van der Waals surface area contributed by atoms with Crippen molar-refractivity contribution in [3.05, 3.63) is 54.1 Å². The van der Waals surface area contributed by atoms with Gasteiger partial charge in [0.15, 0.2) is 0 Å². The number of rotatable bonds is 5. The number of carbonyl (C=O) groups excluding carboxylic acids is 1. The molecule has 2 N–H and O–H groups in total. The molecule has 1 aliphatic heterocycles. The molecule has 0 unspecified atom stereocenters. The Bertz CT molecular complexity index is 865. The van der Waals surface area contributed by atoms with Crippen LogP contribution in [0.4, 0.5) is 24.5 Å². The van der Waals surface area contributed by atoms with Gasteiger partial charge in [-0.2, -0.15) is 13.2 Å². The molecule has 0 aliphatic carbocycles. The minimum atomic E-state index is -5.08. The molecule has 3 rings (SSSR count). The number of hydrogen-bond donors (Lipinski definition) is 2. The summed E-state index contributed by atoms with van der Waals surface area (Å²) in [5.41, 5.74) is 2.95. The molecule has 0 bridgehead atoms. The maximum absolute atomic E-state index is 12.4. The number of hydrogen-bond acceptors (Lipinski definition) is 4. The summed E-state index contributed by atoms with van der Waals surface area (Å²) >= 11 is 0. The zero-order valence-corrected chi connectivity index (χ0v) is 16.4. The van der Waals surface area contributed by atoms with Crippen LogP contribution < -0.4 is 15.0 Å². The van der Waals surface area contributed by atoms with Gasteiger partial charge >= 0.3 is 12.1 Å². The number of carboxylic acids is 1. The Hall–Kier alpha value is -3.23. The summed E-state index contributed by atoms with van der Waals surface area (Å²) < 4.78 is 36.9. The van der Waals surface area contributed by atoms with Crippen LogP contribution in [0.25, 0.3) is 0 Å². The maximum Gasteiger partial charge on any atom is 0.490 e. The smallest absolute Gasteiger partial charge is 0.490 e. The third-order valence-corrected chi connectivity index (χ3v) is 4.37. The summed E-state index contributed by atoms with van der Waals surface area (Å²) in [6.07, 6.45) is -2.32. The Balaban J connectivity index is 0.000000396. The molecule has 0 atom stereocenters. The zero-order valence-electron chi connectivity index (χ0n) is 16.4. The van der Waals surface area contributed by atoms with Crippen LogP contribution in [0.15, 0.2) is 48.5 Å². The predicted molar refractivity (Wildman–Crippen MR) is 107 cm³/mol. The minimum Gasteiger partial charge on any atom is -0.497 e. The highest BCUT2D eigenvalue weighted by atomic mass is 19.4. The first kappa shape index (κ1) is 23.1. The molecule has 0 saturated carbocycles. The molecular formula is C21H23F3N2O4. The summed E-state index contributed by atoms with van der Waals surface area (Å²) in [5.74, 6) is -2.00. The molecule has 162 valence electrons. The van der Waals surface area contributed by atoms with Crippen molar-refractivity contribution in [2.24, 2.45) is 0 Å². The van der Waals surface area contributed by atoms with E-state index in [0.29, 0.717) is 6.42 Å². The fourth-order valence-corrected chi connectivity index (χ4v) is 2.98. The molecular weight excluding hydrogens is 401 g/mol. The Kier molecular flexibility index (Phi) is 8.08. The van der Waals surface area contributed by atoms with Gasteiger partial charge in [-0.1, -0.05) is 24.3 Å². The van der Waals surface area contributed by atoms with Gasteiger partial charge in [-0.3, -0.25) is 4.79 Å². The molecule has 0 spiro atoms. The lowest BCUT2D eigenvalue weighted by Crippen LogP contribution is -2.21. The lowest BCUT2D eigenvalue weighted by molar-refractivity contribution is -0.192. The van der Waals surface area contributed by atoms with E-state index < -0.39 is 12.1 Å². The fourth-order valence-electron chi connectivity index (χ4n) is 2.98. The molecule has 1 amide bonds. The van der Waals surface area contributed by atoms with Crippen molar-refractivity contribution >= 4 is 23.3 Å². The number of methoxy groups -OCH3 is 1. The Labute approximate surface area is 172 Å². The number of benzene rings is 2. The number of nitrogens with one attached hydrogen (secondary N) is 1. The van der Waals surface area contributed by atoms with E-state index in [0.717, 1.165) is 35.8 Å². The van der Waals surface area contributed by atoms with Crippen molar-refractivity contribution in [2.45, 2.75) is 25.4 Å². The van der Waals surface area contributed by atoms with E-state index in [1.807, 2.05) is 42.5 Å². The van der Waals surface area contributed by atoms with E-state index in [1.165, 1.54) is 12.8 Å². The number of anilines is 2. The van der Waals surface area contributed by atoms with Gasteiger partial charge in [0.25, 0.3) is 0 Å². The lowest BCUT2D eigenvalue weighted by atomic mass is 10.1. The van der Waals surface area contributed by atoms with E-state index in [4.69, 9.17) is 14.6 Å². The van der Waals surface area contributed by atoms with Crippen LogP contribution in [0.5, 0.6) is 5.75 Å². The monoisotopic (exact) mass is 424 g/mol. The van der Waals surface area contributed by atoms with Crippen molar-refractivity contribution < 1.29 is 32.6 Å². The molecule has 1 aliphatic rings. The molecule has 1 fully saturated rings. The molecule has 0 radical (unpaired) electrons. The second-order valence-corrected chi connectivity index (χ2v) is 6.59. The van der Waals surface area contributed by atoms with Crippen molar-refractivity contribution in [1.82, 2.24) is 0 Å². The molecule has 2 aromatic rings. The normalized spacial score (nSPS) is 13.3. The Morgan fingerprint density at radius 2 is 1.73 bits per heavy atom. The average Bonchev–Trinajstić information content (AvgIpc) is 3.23. The highest BCUT2D eigenvalue weighted by Gasteiger charge is 2.38. The zero-order chi connectivity index (χ0) is 22.1. The van der Waals surface area contributed by atoms with Crippen LogP contribution in [0.3, 0.4) is 0 Å². The standard InChI is InChI=1S/C19H22N2O2.C2HF3O2/c1-23-16-8-6-7-15(13-16)14-19(22)20-17-9-2-3-10-18(17)21-11-4-5-12-21;3-2(4,5)1(6)7/h2-3,6-10,13H,4-5,11-12,14H2,1H3,(H,20,22);(H,6,7). The van der Waals surface area contributed by atoms with Gasteiger partial charge in [-0.15, -0.1) is 0 Å². The molecule has 2 aromatic carbocycles. The predicted octanol–water partition coefficient (Wildman–Crippen LogP) is 4.11. The van der Waals surface area contributed by atoms with Crippen LogP contribution in [0.2, 0.25) is 0 Å². The number of alkyl halides is 3. The van der Waals surface area contributed by atoms with Crippen LogP contribution in [0.1, 0.15) is 18.4 Å². The van der Waals surface area contributed by atoms with Gasteiger partial charge in [0.1, 0.15) is 5.75 Å². The maximum atomic E-state index is 12.4. The molecule has 30 heavy (non-hydrogen) atoms. The highest BCUT2D eigenvalue weighted by Crippen LogP contribution is 2.28. The number of halogens is 3. The van der Waals surface area contributed by atoms with E-state index in [1.54, 1.807) is 7.11 Å². The number of amides is 1. The molecule has 1 heterocycles.